The number of hydrogen-bond acceptors (Lipinski definition) is 3. The Labute approximate surface area is 94.9 Å². The molecular weight excluding hydrogens is 214 g/mol. The molecule has 0 aromatic carbocycles. The van der Waals surface area contributed by atoms with Gasteiger partial charge in [-0.25, -0.2) is 4.79 Å². The first-order chi connectivity index (χ1) is 6.88. The number of hydrogen-bond donors (Lipinski definition) is 1. The lowest BCUT2D eigenvalue weighted by Gasteiger charge is -2.28. The minimum absolute atomic E-state index is 0.348. The highest BCUT2D eigenvalue weighted by atomic mass is 35.5. The SMILES string of the molecule is CCOC(=O)C1=C(N)CC(C)(Cl)C(C)=C1. The van der Waals surface area contributed by atoms with Crippen LogP contribution in [-0.4, -0.2) is 17.5 Å². The molecule has 0 aromatic rings. The smallest absolute Gasteiger partial charge is 0.339 e. The van der Waals surface area contributed by atoms with Crippen molar-refractivity contribution in [2.45, 2.75) is 32.1 Å². The summed E-state index contributed by atoms with van der Waals surface area (Å²) in [5.41, 5.74) is 7.66. The highest BCUT2D eigenvalue weighted by Gasteiger charge is 2.31. The van der Waals surface area contributed by atoms with Gasteiger partial charge < -0.3 is 10.5 Å². The lowest BCUT2D eigenvalue weighted by molar-refractivity contribution is -0.138. The molecule has 1 aliphatic rings. The second kappa shape index (κ2) is 4.27. The Balaban J connectivity index is 2.98. The van der Waals surface area contributed by atoms with Crippen LogP contribution in [0.4, 0.5) is 0 Å². The molecule has 0 aromatic heterocycles. The number of allylic oxidation sites excluding steroid dienone is 2. The fourth-order valence-electron chi connectivity index (χ4n) is 1.45. The van der Waals surface area contributed by atoms with E-state index in [-0.39, 0.29) is 5.97 Å². The van der Waals surface area contributed by atoms with Crippen molar-refractivity contribution in [2.24, 2.45) is 5.73 Å². The van der Waals surface area contributed by atoms with Crippen LogP contribution in [0.25, 0.3) is 0 Å². The lowest BCUT2D eigenvalue weighted by atomic mass is 9.88. The van der Waals surface area contributed by atoms with Crippen molar-refractivity contribution in [3.8, 4) is 0 Å². The number of carbonyl (C=O) groups excluding carboxylic acids is 1. The van der Waals surface area contributed by atoms with Crippen LogP contribution in [0.15, 0.2) is 22.9 Å². The minimum Gasteiger partial charge on any atom is -0.462 e. The molecule has 2 N–H and O–H groups in total. The topological polar surface area (TPSA) is 52.3 Å². The molecule has 0 radical (unpaired) electrons. The van der Waals surface area contributed by atoms with Crippen molar-refractivity contribution in [2.75, 3.05) is 6.61 Å². The first-order valence-electron chi connectivity index (χ1n) is 4.92. The zero-order valence-corrected chi connectivity index (χ0v) is 10.0. The second-order valence-corrected chi connectivity index (χ2v) is 4.70. The molecule has 0 saturated heterocycles. The van der Waals surface area contributed by atoms with Crippen LogP contribution in [0.5, 0.6) is 0 Å². The number of esters is 1. The van der Waals surface area contributed by atoms with Crippen molar-refractivity contribution in [3.63, 3.8) is 0 Å². The van der Waals surface area contributed by atoms with Crippen LogP contribution in [0.3, 0.4) is 0 Å². The number of halogens is 1. The lowest BCUT2D eigenvalue weighted by Crippen LogP contribution is -2.28. The molecule has 4 heteroatoms. The second-order valence-electron chi connectivity index (χ2n) is 3.86. The van der Waals surface area contributed by atoms with Gasteiger partial charge in [0.05, 0.1) is 17.1 Å². The Morgan fingerprint density at radius 2 is 2.33 bits per heavy atom. The first-order valence-corrected chi connectivity index (χ1v) is 5.29. The molecule has 1 unspecified atom stereocenters. The van der Waals surface area contributed by atoms with Gasteiger partial charge in [0, 0.05) is 12.1 Å². The molecule has 3 nitrogen and oxygen atoms in total. The Morgan fingerprint density at radius 3 is 2.87 bits per heavy atom. The van der Waals surface area contributed by atoms with Crippen LogP contribution in [0.1, 0.15) is 27.2 Å². The van der Waals surface area contributed by atoms with Gasteiger partial charge in [-0.3, -0.25) is 0 Å². The summed E-state index contributed by atoms with van der Waals surface area (Å²) in [5.74, 6) is -0.374. The number of alkyl halides is 1. The molecule has 0 amide bonds. The Kier molecular flexibility index (Phi) is 3.45. The van der Waals surface area contributed by atoms with Gasteiger partial charge >= 0.3 is 5.97 Å². The molecule has 1 rings (SSSR count). The monoisotopic (exact) mass is 229 g/mol. The van der Waals surface area contributed by atoms with Crippen LogP contribution in [0, 0.1) is 0 Å². The van der Waals surface area contributed by atoms with Gasteiger partial charge in [-0.1, -0.05) is 5.57 Å². The van der Waals surface area contributed by atoms with Gasteiger partial charge in [-0.05, 0) is 26.8 Å². The maximum atomic E-state index is 11.5. The molecule has 0 heterocycles. The quantitative estimate of drug-likeness (QED) is 0.583. The zero-order chi connectivity index (χ0) is 11.6. The molecule has 84 valence electrons. The van der Waals surface area contributed by atoms with E-state index in [1.54, 1.807) is 13.0 Å². The van der Waals surface area contributed by atoms with Crippen molar-refractivity contribution in [1.29, 1.82) is 0 Å². The standard InChI is InChI=1S/C11H16ClNO2/c1-4-15-10(14)8-5-7(2)11(3,12)6-9(8)13/h5H,4,6,13H2,1-3H3. The molecular formula is C11H16ClNO2. The molecule has 0 spiro atoms. The van der Waals surface area contributed by atoms with E-state index >= 15 is 0 Å². The van der Waals surface area contributed by atoms with Crippen molar-refractivity contribution < 1.29 is 9.53 Å². The highest BCUT2D eigenvalue weighted by Crippen LogP contribution is 2.36. The number of rotatable bonds is 2. The predicted octanol–water partition coefficient (Wildman–Crippen LogP) is 2.11. The van der Waals surface area contributed by atoms with Gasteiger partial charge in [0.2, 0.25) is 0 Å². The normalized spacial score (nSPS) is 26.3. The fraction of sp³-hybridized carbons (Fsp3) is 0.545. The molecule has 1 aliphatic carbocycles. The van der Waals surface area contributed by atoms with Gasteiger partial charge in [-0.2, -0.15) is 0 Å². The fourth-order valence-corrected chi connectivity index (χ4v) is 1.65. The summed E-state index contributed by atoms with van der Waals surface area (Å²) < 4.78 is 4.90. The van der Waals surface area contributed by atoms with Crippen molar-refractivity contribution in [3.05, 3.63) is 22.9 Å². The van der Waals surface area contributed by atoms with Crippen LogP contribution >= 0.6 is 11.6 Å². The molecule has 0 fully saturated rings. The van der Waals surface area contributed by atoms with Gasteiger partial charge in [-0.15, -0.1) is 11.6 Å². The van der Waals surface area contributed by atoms with E-state index in [2.05, 4.69) is 0 Å². The molecule has 0 saturated carbocycles. The summed E-state index contributed by atoms with van der Waals surface area (Å²) in [7, 11) is 0. The van der Waals surface area contributed by atoms with Crippen LogP contribution in [0.2, 0.25) is 0 Å². The maximum Gasteiger partial charge on any atom is 0.339 e. The first kappa shape index (κ1) is 12.1. The predicted molar refractivity (Wildman–Crippen MR) is 60.5 cm³/mol. The summed E-state index contributed by atoms with van der Waals surface area (Å²) in [6, 6.07) is 0. The minimum atomic E-state index is -0.486. The summed E-state index contributed by atoms with van der Waals surface area (Å²) >= 11 is 6.23. The van der Waals surface area contributed by atoms with Gasteiger partial charge in [0.1, 0.15) is 0 Å². The van der Waals surface area contributed by atoms with E-state index in [4.69, 9.17) is 22.1 Å². The zero-order valence-electron chi connectivity index (χ0n) is 9.26. The largest absolute Gasteiger partial charge is 0.462 e. The van der Waals surface area contributed by atoms with E-state index in [1.807, 2.05) is 13.8 Å². The Morgan fingerprint density at radius 1 is 1.73 bits per heavy atom. The third kappa shape index (κ3) is 2.53. The Bertz CT molecular complexity index is 342. The van der Waals surface area contributed by atoms with Gasteiger partial charge in [0.25, 0.3) is 0 Å². The van der Waals surface area contributed by atoms with Crippen LogP contribution < -0.4 is 5.73 Å². The molecule has 0 aliphatic heterocycles. The average molecular weight is 230 g/mol. The number of nitrogens with two attached hydrogens (primary N) is 1. The van der Waals surface area contributed by atoms with Gasteiger partial charge in [0.15, 0.2) is 0 Å². The van der Waals surface area contributed by atoms with E-state index < -0.39 is 4.87 Å². The summed E-state index contributed by atoms with van der Waals surface area (Å²) in [4.78, 5) is 11.0. The number of carbonyl (C=O) groups is 1. The highest BCUT2D eigenvalue weighted by molar-refractivity contribution is 6.26. The third-order valence-corrected chi connectivity index (χ3v) is 2.98. The Hall–Kier alpha value is -0.960. The third-order valence-electron chi connectivity index (χ3n) is 2.55. The van der Waals surface area contributed by atoms with Crippen molar-refractivity contribution >= 4 is 17.6 Å². The van der Waals surface area contributed by atoms with Crippen LogP contribution in [-0.2, 0) is 9.53 Å². The van der Waals surface area contributed by atoms with E-state index in [9.17, 15) is 4.79 Å². The summed E-state index contributed by atoms with van der Waals surface area (Å²) in [5, 5.41) is 0. The van der Waals surface area contributed by atoms with Crippen molar-refractivity contribution in [1.82, 2.24) is 0 Å². The van der Waals surface area contributed by atoms with E-state index in [0.717, 1.165) is 5.57 Å². The summed E-state index contributed by atoms with van der Waals surface area (Å²) in [6.07, 6.45) is 2.19. The molecule has 15 heavy (non-hydrogen) atoms. The molecule has 0 bridgehead atoms. The number of ether oxygens (including phenoxy) is 1. The summed E-state index contributed by atoms with van der Waals surface area (Å²) in [6.45, 7) is 5.88. The van der Waals surface area contributed by atoms with E-state index in [0.29, 0.717) is 24.3 Å². The molecule has 1 atom stereocenters. The maximum absolute atomic E-state index is 11.5. The van der Waals surface area contributed by atoms with E-state index in [1.165, 1.54) is 0 Å². The average Bonchev–Trinajstić information content (AvgIpc) is 2.11.